The van der Waals surface area contributed by atoms with E-state index in [4.69, 9.17) is 21.7 Å². The van der Waals surface area contributed by atoms with Gasteiger partial charge in [-0.1, -0.05) is 48.2 Å². The lowest BCUT2D eigenvalue weighted by Gasteiger charge is -2.11. The zero-order valence-corrected chi connectivity index (χ0v) is 17.9. The molecule has 2 aromatic rings. The predicted molar refractivity (Wildman–Crippen MR) is 119 cm³/mol. The smallest absolute Gasteiger partial charge is 0.265 e. The number of hydrogen-bond acceptors (Lipinski definition) is 5. The van der Waals surface area contributed by atoms with Gasteiger partial charge in [-0.2, -0.15) is 0 Å². The number of benzene rings is 2. The minimum Gasteiger partial charge on any atom is -0.493 e. The lowest BCUT2D eigenvalue weighted by molar-refractivity contribution is -0.121. The van der Waals surface area contributed by atoms with Crippen molar-refractivity contribution in [2.24, 2.45) is 0 Å². The van der Waals surface area contributed by atoms with Crippen LogP contribution in [-0.2, 0) is 4.79 Å². The van der Waals surface area contributed by atoms with Crippen LogP contribution in [0.4, 0.5) is 0 Å². The molecule has 0 N–H and O–H groups in total. The fourth-order valence-electron chi connectivity index (χ4n) is 2.65. The molecule has 0 radical (unpaired) electrons. The molecule has 0 aliphatic carbocycles. The Labute approximate surface area is 175 Å². The second-order valence-corrected chi connectivity index (χ2v) is 8.30. The Hall–Kier alpha value is -2.31. The highest BCUT2D eigenvalue weighted by atomic mass is 32.2. The second kappa shape index (κ2) is 9.26. The predicted octanol–water partition coefficient (Wildman–Crippen LogP) is 4.98. The molecular weight excluding hydrogens is 390 g/mol. The molecule has 1 heterocycles. The molecular formula is C22H23NO3S2. The third-order valence-electron chi connectivity index (χ3n) is 4.32. The molecule has 0 bridgehead atoms. The van der Waals surface area contributed by atoms with Gasteiger partial charge in [0, 0.05) is 13.5 Å². The zero-order chi connectivity index (χ0) is 20.1. The first kappa shape index (κ1) is 20.4. The molecule has 1 saturated heterocycles. The number of nitrogens with zero attached hydrogens (tertiary/aromatic N) is 1. The van der Waals surface area contributed by atoms with E-state index in [0.717, 1.165) is 29.0 Å². The highest BCUT2D eigenvalue weighted by Gasteiger charge is 2.28. The maximum Gasteiger partial charge on any atom is 0.265 e. The van der Waals surface area contributed by atoms with E-state index in [9.17, 15) is 4.79 Å². The van der Waals surface area contributed by atoms with Gasteiger partial charge in [0.15, 0.2) is 0 Å². The van der Waals surface area contributed by atoms with Crippen molar-refractivity contribution in [3.05, 3.63) is 64.1 Å². The fraction of sp³-hybridized carbons (Fsp3) is 0.273. The number of ether oxygens (including phenoxy) is 2. The largest absolute Gasteiger partial charge is 0.493 e. The number of rotatable bonds is 7. The molecule has 2 aromatic carbocycles. The maximum atomic E-state index is 12.0. The van der Waals surface area contributed by atoms with Crippen LogP contribution in [0.1, 0.15) is 23.1 Å². The molecule has 0 aromatic heterocycles. The van der Waals surface area contributed by atoms with Crippen molar-refractivity contribution in [1.82, 2.24) is 4.90 Å². The monoisotopic (exact) mass is 413 g/mol. The molecule has 146 valence electrons. The second-order valence-electron chi connectivity index (χ2n) is 6.63. The standard InChI is InChI=1S/C22H23NO3S2/c1-15-5-6-16(2)19(13-15)26-12-4-11-25-18-9-7-17(8-10-18)14-20-21(24)23(3)22(27)28-20/h5-10,13-14H,4,11-12H2,1-3H3. The van der Waals surface area contributed by atoms with Gasteiger partial charge in [-0.25, -0.2) is 0 Å². The molecule has 0 spiro atoms. The Morgan fingerprint density at radius 1 is 1.07 bits per heavy atom. The van der Waals surface area contributed by atoms with E-state index >= 15 is 0 Å². The highest BCUT2D eigenvalue weighted by Crippen LogP contribution is 2.31. The fourth-order valence-corrected chi connectivity index (χ4v) is 3.83. The van der Waals surface area contributed by atoms with Gasteiger partial charge >= 0.3 is 0 Å². The van der Waals surface area contributed by atoms with E-state index in [2.05, 4.69) is 25.1 Å². The van der Waals surface area contributed by atoms with E-state index in [-0.39, 0.29) is 5.91 Å². The summed E-state index contributed by atoms with van der Waals surface area (Å²) in [6.07, 6.45) is 2.65. The summed E-state index contributed by atoms with van der Waals surface area (Å²) in [4.78, 5) is 14.2. The van der Waals surface area contributed by atoms with Gasteiger partial charge in [0.1, 0.15) is 15.8 Å². The Balaban J connectivity index is 1.45. The van der Waals surface area contributed by atoms with Gasteiger partial charge in [0.25, 0.3) is 5.91 Å². The topological polar surface area (TPSA) is 38.8 Å². The maximum absolute atomic E-state index is 12.0. The molecule has 1 amide bonds. The third kappa shape index (κ3) is 5.14. The summed E-state index contributed by atoms with van der Waals surface area (Å²) in [6, 6.07) is 13.9. The van der Waals surface area contributed by atoms with Gasteiger partial charge in [-0.15, -0.1) is 0 Å². The molecule has 0 atom stereocenters. The number of aryl methyl sites for hydroxylation is 2. The summed E-state index contributed by atoms with van der Waals surface area (Å²) >= 11 is 6.47. The third-order valence-corrected chi connectivity index (χ3v) is 5.81. The lowest BCUT2D eigenvalue weighted by Crippen LogP contribution is -2.22. The van der Waals surface area contributed by atoms with Gasteiger partial charge in [-0.05, 0) is 54.8 Å². The lowest BCUT2D eigenvalue weighted by atomic mass is 10.1. The molecule has 0 unspecified atom stereocenters. The minimum atomic E-state index is -0.0563. The number of thiocarbonyl (C=S) groups is 1. The first-order valence-electron chi connectivity index (χ1n) is 9.08. The Bertz CT molecular complexity index is 906. The number of carbonyl (C=O) groups excluding carboxylic acids is 1. The summed E-state index contributed by atoms with van der Waals surface area (Å²) < 4.78 is 12.2. The van der Waals surface area contributed by atoms with Crippen LogP contribution in [-0.4, -0.2) is 35.4 Å². The highest BCUT2D eigenvalue weighted by molar-refractivity contribution is 8.26. The first-order valence-corrected chi connectivity index (χ1v) is 10.3. The van der Waals surface area contributed by atoms with E-state index in [1.165, 1.54) is 22.2 Å². The van der Waals surface area contributed by atoms with Crippen LogP contribution >= 0.6 is 24.0 Å². The van der Waals surface area contributed by atoms with Crippen molar-refractivity contribution >= 4 is 40.3 Å². The van der Waals surface area contributed by atoms with Crippen molar-refractivity contribution in [3.63, 3.8) is 0 Å². The van der Waals surface area contributed by atoms with Crippen LogP contribution < -0.4 is 9.47 Å². The normalized spacial score (nSPS) is 15.4. The van der Waals surface area contributed by atoms with Gasteiger partial charge < -0.3 is 9.47 Å². The van der Waals surface area contributed by atoms with Crippen LogP contribution in [0.25, 0.3) is 6.08 Å². The number of hydrogen-bond donors (Lipinski definition) is 0. The summed E-state index contributed by atoms with van der Waals surface area (Å²) in [5.74, 6) is 1.67. The van der Waals surface area contributed by atoms with Crippen molar-refractivity contribution in [3.8, 4) is 11.5 Å². The van der Waals surface area contributed by atoms with E-state index < -0.39 is 0 Å². The Morgan fingerprint density at radius 2 is 1.79 bits per heavy atom. The summed E-state index contributed by atoms with van der Waals surface area (Å²) in [7, 11) is 1.69. The van der Waals surface area contributed by atoms with Crippen LogP contribution in [0.15, 0.2) is 47.4 Å². The molecule has 1 aliphatic heterocycles. The van der Waals surface area contributed by atoms with Crippen LogP contribution in [0, 0.1) is 13.8 Å². The molecule has 3 rings (SSSR count). The SMILES string of the molecule is Cc1ccc(C)c(OCCCOc2ccc(C=C3SC(=S)N(C)C3=O)cc2)c1. The molecule has 28 heavy (non-hydrogen) atoms. The summed E-state index contributed by atoms with van der Waals surface area (Å²) in [6.45, 7) is 5.30. The zero-order valence-electron chi connectivity index (χ0n) is 16.2. The Kier molecular flexibility index (Phi) is 6.75. The molecule has 6 heteroatoms. The molecule has 4 nitrogen and oxygen atoms in total. The number of amides is 1. The average Bonchev–Trinajstić information content (AvgIpc) is 2.92. The van der Waals surface area contributed by atoms with E-state index in [0.29, 0.717) is 22.4 Å². The Morgan fingerprint density at radius 3 is 2.46 bits per heavy atom. The number of carbonyl (C=O) groups is 1. The first-order chi connectivity index (χ1) is 13.4. The van der Waals surface area contributed by atoms with E-state index in [1.807, 2.05) is 37.3 Å². The summed E-state index contributed by atoms with van der Waals surface area (Å²) in [5.41, 5.74) is 3.28. The van der Waals surface area contributed by atoms with Crippen molar-refractivity contribution < 1.29 is 14.3 Å². The van der Waals surface area contributed by atoms with Crippen molar-refractivity contribution in [2.45, 2.75) is 20.3 Å². The number of thioether (sulfide) groups is 1. The minimum absolute atomic E-state index is 0.0563. The van der Waals surface area contributed by atoms with Gasteiger partial charge in [-0.3, -0.25) is 9.69 Å². The average molecular weight is 414 g/mol. The van der Waals surface area contributed by atoms with Gasteiger partial charge in [0.2, 0.25) is 0 Å². The van der Waals surface area contributed by atoms with Crippen LogP contribution in [0.2, 0.25) is 0 Å². The van der Waals surface area contributed by atoms with Gasteiger partial charge in [0.05, 0.1) is 18.1 Å². The van der Waals surface area contributed by atoms with Crippen LogP contribution in [0.5, 0.6) is 11.5 Å². The summed E-state index contributed by atoms with van der Waals surface area (Å²) in [5, 5.41) is 0. The molecule has 1 fully saturated rings. The molecule has 0 saturated carbocycles. The quantitative estimate of drug-likeness (QED) is 0.364. The van der Waals surface area contributed by atoms with Crippen LogP contribution in [0.3, 0.4) is 0 Å². The van der Waals surface area contributed by atoms with Crippen molar-refractivity contribution in [2.75, 3.05) is 20.3 Å². The van der Waals surface area contributed by atoms with Crippen molar-refractivity contribution in [1.29, 1.82) is 0 Å². The van der Waals surface area contributed by atoms with E-state index in [1.54, 1.807) is 7.05 Å². The number of likely N-dealkylation sites (N-methyl/N-ethyl adjacent to an activating group) is 1. The molecule has 1 aliphatic rings.